The Bertz CT molecular complexity index is 605. The summed E-state index contributed by atoms with van der Waals surface area (Å²) in [4.78, 5) is 24.9. The average molecular weight is 303 g/mol. The molecule has 2 aliphatic heterocycles. The molecule has 0 radical (unpaired) electrons. The van der Waals surface area contributed by atoms with Crippen LogP contribution in [0.4, 0.5) is 5.69 Å². The Morgan fingerprint density at radius 1 is 1.32 bits per heavy atom. The lowest BCUT2D eigenvalue weighted by molar-refractivity contribution is -0.385. The molecule has 2 heterocycles. The molecule has 6 nitrogen and oxygen atoms in total. The maximum atomic E-state index is 12.6. The zero-order valence-electron chi connectivity index (χ0n) is 12.9. The van der Waals surface area contributed by atoms with Gasteiger partial charge in [-0.05, 0) is 44.7 Å². The molecular formula is C16H21N3O3. The number of carbonyl (C=O) groups is 1. The van der Waals surface area contributed by atoms with Crippen LogP contribution in [0, 0.1) is 17.0 Å². The maximum absolute atomic E-state index is 12.6. The standard InChI is InChI=1S/C16H21N3O3/c1-10-7-11(3-6-15(10)19(21)22)16(20)18(2)14-8-12-4-5-13(9-14)17-12/h3,6-7,12-14,17H,4-5,8-9H2,1-2H3. The summed E-state index contributed by atoms with van der Waals surface area (Å²) in [5, 5.41) is 14.4. The van der Waals surface area contributed by atoms with Crippen LogP contribution in [0.3, 0.4) is 0 Å². The van der Waals surface area contributed by atoms with Gasteiger partial charge in [0.25, 0.3) is 11.6 Å². The quantitative estimate of drug-likeness (QED) is 0.686. The molecule has 2 atom stereocenters. The summed E-state index contributed by atoms with van der Waals surface area (Å²) >= 11 is 0. The van der Waals surface area contributed by atoms with Gasteiger partial charge in [-0.25, -0.2) is 0 Å². The summed E-state index contributed by atoms with van der Waals surface area (Å²) in [5.74, 6) is -0.0516. The average Bonchev–Trinajstić information content (AvgIpc) is 2.83. The second kappa shape index (κ2) is 5.68. The fourth-order valence-electron chi connectivity index (χ4n) is 3.71. The number of fused-ring (bicyclic) bond motifs is 2. The maximum Gasteiger partial charge on any atom is 0.272 e. The number of benzene rings is 1. The molecule has 2 saturated heterocycles. The number of nitrogens with one attached hydrogen (secondary N) is 1. The number of hydrogen-bond donors (Lipinski definition) is 1. The van der Waals surface area contributed by atoms with Crippen LogP contribution < -0.4 is 5.32 Å². The van der Waals surface area contributed by atoms with Gasteiger partial charge in [0, 0.05) is 42.4 Å². The Kier molecular flexibility index (Phi) is 3.87. The minimum absolute atomic E-state index is 0.0516. The first-order chi connectivity index (χ1) is 10.5. The van der Waals surface area contributed by atoms with Crippen molar-refractivity contribution in [1.82, 2.24) is 10.2 Å². The molecule has 0 aliphatic carbocycles. The monoisotopic (exact) mass is 303 g/mol. The molecule has 1 amide bonds. The van der Waals surface area contributed by atoms with E-state index in [4.69, 9.17) is 0 Å². The van der Waals surface area contributed by atoms with Gasteiger partial charge in [0.05, 0.1) is 4.92 Å². The van der Waals surface area contributed by atoms with E-state index in [0.29, 0.717) is 23.2 Å². The topological polar surface area (TPSA) is 75.5 Å². The van der Waals surface area contributed by atoms with Gasteiger partial charge in [0.2, 0.25) is 0 Å². The summed E-state index contributed by atoms with van der Waals surface area (Å²) in [6, 6.07) is 5.89. The van der Waals surface area contributed by atoms with Gasteiger partial charge in [0.1, 0.15) is 0 Å². The van der Waals surface area contributed by atoms with Crippen LogP contribution in [0.15, 0.2) is 18.2 Å². The van der Waals surface area contributed by atoms with Crippen molar-refractivity contribution in [3.05, 3.63) is 39.4 Å². The van der Waals surface area contributed by atoms with Crippen molar-refractivity contribution in [2.24, 2.45) is 0 Å². The van der Waals surface area contributed by atoms with Gasteiger partial charge in [-0.15, -0.1) is 0 Å². The molecule has 0 aromatic heterocycles. The number of nitro groups is 1. The predicted octanol–water partition coefficient (Wildman–Crippen LogP) is 2.26. The minimum Gasteiger partial charge on any atom is -0.339 e. The Morgan fingerprint density at radius 2 is 1.95 bits per heavy atom. The van der Waals surface area contributed by atoms with Crippen molar-refractivity contribution in [1.29, 1.82) is 0 Å². The third-order valence-electron chi connectivity index (χ3n) is 4.96. The van der Waals surface area contributed by atoms with Crippen molar-refractivity contribution in [3.63, 3.8) is 0 Å². The smallest absolute Gasteiger partial charge is 0.272 e. The first-order valence-corrected chi connectivity index (χ1v) is 7.74. The van der Waals surface area contributed by atoms with E-state index in [1.54, 1.807) is 19.1 Å². The first-order valence-electron chi connectivity index (χ1n) is 7.74. The molecule has 6 heteroatoms. The van der Waals surface area contributed by atoms with Crippen LogP contribution in [-0.2, 0) is 0 Å². The van der Waals surface area contributed by atoms with Gasteiger partial charge < -0.3 is 10.2 Å². The zero-order chi connectivity index (χ0) is 15.9. The lowest BCUT2D eigenvalue weighted by Crippen LogP contribution is -2.48. The molecule has 1 N–H and O–H groups in total. The third kappa shape index (κ3) is 2.70. The van der Waals surface area contributed by atoms with Crippen molar-refractivity contribution < 1.29 is 9.72 Å². The second-order valence-corrected chi connectivity index (χ2v) is 6.44. The molecule has 1 aromatic rings. The van der Waals surface area contributed by atoms with E-state index in [0.717, 1.165) is 12.8 Å². The minimum atomic E-state index is -0.419. The molecule has 2 unspecified atom stereocenters. The summed E-state index contributed by atoms with van der Waals surface area (Å²) < 4.78 is 0. The van der Waals surface area contributed by atoms with Gasteiger partial charge in [-0.2, -0.15) is 0 Å². The van der Waals surface area contributed by atoms with Crippen molar-refractivity contribution >= 4 is 11.6 Å². The highest BCUT2D eigenvalue weighted by Gasteiger charge is 2.36. The summed E-state index contributed by atoms with van der Waals surface area (Å²) in [7, 11) is 1.84. The summed E-state index contributed by atoms with van der Waals surface area (Å²) in [6.07, 6.45) is 4.37. The molecule has 2 fully saturated rings. The normalized spacial score (nSPS) is 26.7. The van der Waals surface area contributed by atoms with Crippen molar-refractivity contribution in [3.8, 4) is 0 Å². The van der Waals surface area contributed by atoms with E-state index in [1.165, 1.54) is 18.9 Å². The summed E-state index contributed by atoms with van der Waals surface area (Å²) in [6.45, 7) is 1.67. The molecule has 3 rings (SSSR count). The Balaban J connectivity index is 1.75. The Hall–Kier alpha value is -1.95. The van der Waals surface area contributed by atoms with Crippen molar-refractivity contribution in [2.45, 2.75) is 50.7 Å². The highest BCUT2D eigenvalue weighted by molar-refractivity contribution is 5.94. The number of nitro benzene ring substituents is 1. The molecule has 2 bridgehead atoms. The fourth-order valence-corrected chi connectivity index (χ4v) is 3.71. The van der Waals surface area contributed by atoms with E-state index >= 15 is 0 Å². The number of aryl methyl sites for hydroxylation is 1. The van der Waals surface area contributed by atoms with E-state index in [9.17, 15) is 14.9 Å². The number of rotatable bonds is 3. The van der Waals surface area contributed by atoms with E-state index in [2.05, 4.69) is 5.32 Å². The number of carbonyl (C=O) groups excluding carboxylic acids is 1. The van der Waals surface area contributed by atoms with E-state index in [-0.39, 0.29) is 17.6 Å². The van der Waals surface area contributed by atoms with Gasteiger partial charge >= 0.3 is 0 Å². The highest BCUT2D eigenvalue weighted by atomic mass is 16.6. The SMILES string of the molecule is Cc1cc(C(=O)N(C)C2CC3CCC(C2)N3)ccc1[N+](=O)[O-]. The number of amides is 1. The van der Waals surface area contributed by atoms with Crippen LogP contribution in [-0.4, -0.2) is 40.9 Å². The molecule has 0 saturated carbocycles. The second-order valence-electron chi connectivity index (χ2n) is 6.44. The van der Waals surface area contributed by atoms with Crippen LogP contribution in [0.25, 0.3) is 0 Å². The third-order valence-corrected chi connectivity index (χ3v) is 4.96. The molecule has 118 valence electrons. The van der Waals surface area contributed by atoms with E-state index in [1.807, 2.05) is 11.9 Å². The summed E-state index contributed by atoms with van der Waals surface area (Å²) in [5.41, 5.74) is 1.10. The van der Waals surface area contributed by atoms with Gasteiger partial charge in [0.15, 0.2) is 0 Å². The van der Waals surface area contributed by atoms with Gasteiger partial charge in [-0.1, -0.05) is 0 Å². The van der Waals surface area contributed by atoms with Crippen LogP contribution >= 0.6 is 0 Å². The largest absolute Gasteiger partial charge is 0.339 e. The molecule has 1 aromatic carbocycles. The molecule has 0 spiro atoms. The molecule has 22 heavy (non-hydrogen) atoms. The van der Waals surface area contributed by atoms with Crippen LogP contribution in [0.1, 0.15) is 41.6 Å². The van der Waals surface area contributed by atoms with Gasteiger partial charge in [-0.3, -0.25) is 14.9 Å². The first kappa shape index (κ1) is 15.0. The molecular weight excluding hydrogens is 282 g/mol. The van der Waals surface area contributed by atoms with Crippen molar-refractivity contribution in [2.75, 3.05) is 7.05 Å². The Labute approximate surface area is 129 Å². The lowest BCUT2D eigenvalue weighted by atomic mass is 9.97. The number of piperidine rings is 1. The lowest BCUT2D eigenvalue weighted by Gasteiger charge is -2.35. The fraction of sp³-hybridized carbons (Fsp3) is 0.562. The molecule has 2 aliphatic rings. The number of hydrogen-bond acceptors (Lipinski definition) is 4. The van der Waals surface area contributed by atoms with Crippen LogP contribution in [0.2, 0.25) is 0 Å². The highest BCUT2D eigenvalue weighted by Crippen LogP contribution is 2.30. The van der Waals surface area contributed by atoms with Crippen LogP contribution in [0.5, 0.6) is 0 Å². The van der Waals surface area contributed by atoms with E-state index < -0.39 is 4.92 Å². The Morgan fingerprint density at radius 3 is 2.50 bits per heavy atom. The zero-order valence-corrected chi connectivity index (χ0v) is 12.9. The number of nitrogens with zero attached hydrogens (tertiary/aromatic N) is 2. The predicted molar refractivity (Wildman–Crippen MR) is 82.9 cm³/mol.